The van der Waals surface area contributed by atoms with Crippen LogP contribution < -0.4 is 9.47 Å². The molecule has 0 radical (unpaired) electrons. The van der Waals surface area contributed by atoms with Gasteiger partial charge in [-0.2, -0.15) is 4.98 Å². The fraction of sp³-hybridized carbons (Fsp3) is 0.375. The number of carbonyl (C=O) groups excluding carboxylic acids is 1. The fourth-order valence-corrected chi connectivity index (χ4v) is 2.53. The number of piperidine rings is 1. The van der Waals surface area contributed by atoms with E-state index in [1.165, 1.54) is 13.3 Å². The Morgan fingerprint density at radius 3 is 2.96 bits per heavy atom. The maximum atomic E-state index is 12.5. The van der Waals surface area contributed by atoms with E-state index in [4.69, 9.17) is 9.47 Å². The Morgan fingerprint density at radius 1 is 1.30 bits per heavy atom. The summed E-state index contributed by atoms with van der Waals surface area (Å²) in [6, 6.07) is 5.32. The molecule has 3 heterocycles. The highest BCUT2D eigenvalue weighted by Crippen LogP contribution is 2.19. The molecule has 1 aliphatic rings. The van der Waals surface area contributed by atoms with Gasteiger partial charge in [-0.3, -0.25) is 14.8 Å². The van der Waals surface area contributed by atoms with Crippen molar-refractivity contribution in [2.45, 2.75) is 18.9 Å². The lowest BCUT2D eigenvalue weighted by Gasteiger charge is -2.32. The number of hydrogen-bond donors (Lipinski definition) is 0. The van der Waals surface area contributed by atoms with Gasteiger partial charge in [-0.1, -0.05) is 6.07 Å². The van der Waals surface area contributed by atoms with Crippen LogP contribution in [-0.4, -0.2) is 52.1 Å². The quantitative estimate of drug-likeness (QED) is 0.852. The number of hydrogen-bond acceptors (Lipinski definition) is 6. The predicted molar refractivity (Wildman–Crippen MR) is 82.4 cm³/mol. The van der Waals surface area contributed by atoms with E-state index in [0.29, 0.717) is 30.5 Å². The Balaban J connectivity index is 1.65. The van der Waals surface area contributed by atoms with Gasteiger partial charge in [0, 0.05) is 12.7 Å². The third-order valence-electron chi connectivity index (χ3n) is 3.64. The van der Waals surface area contributed by atoms with Gasteiger partial charge in [0.1, 0.15) is 11.8 Å². The van der Waals surface area contributed by atoms with Crippen molar-refractivity contribution in [3.8, 4) is 11.8 Å². The molecule has 1 fully saturated rings. The van der Waals surface area contributed by atoms with Crippen LogP contribution >= 0.6 is 0 Å². The Morgan fingerprint density at radius 2 is 2.17 bits per heavy atom. The van der Waals surface area contributed by atoms with Crippen LogP contribution in [0.3, 0.4) is 0 Å². The minimum atomic E-state index is -0.113. The maximum absolute atomic E-state index is 12.5. The van der Waals surface area contributed by atoms with Gasteiger partial charge in [0.05, 0.1) is 26.0 Å². The van der Waals surface area contributed by atoms with Crippen molar-refractivity contribution < 1.29 is 14.3 Å². The summed E-state index contributed by atoms with van der Waals surface area (Å²) in [5, 5.41) is 0. The Labute approximate surface area is 134 Å². The van der Waals surface area contributed by atoms with Crippen molar-refractivity contribution in [2.75, 3.05) is 20.2 Å². The summed E-state index contributed by atoms with van der Waals surface area (Å²) in [5.74, 6) is 0.733. The van der Waals surface area contributed by atoms with Gasteiger partial charge in [0.2, 0.25) is 11.8 Å². The van der Waals surface area contributed by atoms with E-state index in [2.05, 4.69) is 15.0 Å². The van der Waals surface area contributed by atoms with E-state index in [9.17, 15) is 4.79 Å². The van der Waals surface area contributed by atoms with Crippen molar-refractivity contribution >= 4 is 5.91 Å². The van der Waals surface area contributed by atoms with Crippen molar-refractivity contribution in [2.24, 2.45) is 0 Å². The molecule has 2 aromatic rings. The number of likely N-dealkylation sites (tertiary alicyclic amines) is 1. The Hall–Kier alpha value is -2.70. The zero-order chi connectivity index (χ0) is 16.1. The van der Waals surface area contributed by atoms with Gasteiger partial charge in [0.15, 0.2) is 0 Å². The van der Waals surface area contributed by atoms with E-state index < -0.39 is 0 Å². The molecule has 23 heavy (non-hydrogen) atoms. The van der Waals surface area contributed by atoms with Crippen LogP contribution in [0, 0.1) is 0 Å². The molecule has 0 aromatic carbocycles. The summed E-state index contributed by atoms with van der Waals surface area (Å²) >= 11 is 0. The average Bonchev–Trinajstić information content (AvgIpc) is 2.62. The first kappa shape index (κ1) is 15.2. The van der Waals surface area contributed by atoms with E-state index in [1.54, 1.807) is 29.4 Å². The van der Waals surface area contributed by atoms with E-state index in [-0.39, 0.29) is 12.0 Å². The molecule has 0 bridgehead atoms. The van der Waals surface area contributed by atoms with E-state index >= 15 is 0 Å². The van der Waals surface area contributed by atoms with Crippen LogP contribution in [0.5, 0.6) is 11.8 Å². The summed E-state index contributed by atoms with van der Waals surface area (Å²) in [4.78, 5) is 26.6. The lowest BCUT2D eigenvalue weighted by molar-refractivity contribution is 0.0520. The topological polar surface area (TPSA) is 77.4 Å². The first-order chi connectivity index (χ1) is 11.3. The van der Waals surface area contributed by atoms with Crippen LogP contribution in [0.4, 0.5) is 0 Å². The fourth-order valence-electron chi connectivity index (χ4n) is 2.53. The number of methoxy groups -OCH3 is 1. The lowest BCUT2D eigenvalue weighted by atomic mass is 10.1. The molecule has 0 unspecified atom stereocenters. The van der Waals surface area contributed by atoms with Crippen LogP contribution in [0.1, 0.15) is 23.3 Å². The molecule has 7 nitrogen and oxygen atoms in total. The van der Waals surface area contributed by atoms with Gasteiger partial charge in [-0.25, -0.2) is 0 Å². The lowest BCUT2D eigenvalue weighted by Crippen LogP contribution is -2.44. The first-order valence-electron chi connectivity index (χ1n) is 7.49. The normalized spacial score (nSPS) is 17.6. The van der Waals surface area contributed by atoms with Gasteiger partial charge in [-0.15, -0.1) is 0 Å². The molecule has 1 saturated heterocycles. The minimum absolute atomic E-state index is 0.0735. The summed E-state index contributed by atoms with van der Waals surface area (Å²) in [6.45, 7) is 1.22. The van der Waals surface area contributed by atoms with Crippen molar-refractivity contribution in [1.29, 1.82) is 0 Å². The third kappa shape index (κ3) is 3.74. The minimum Gasteiger partial charge on any atom is -0.480 e. The molecule has 2 aromatic heterocycles. The monoisotopic (exact) mass is 314 g/mol. The van der Waals surface area contributed by atoms with Crippen LogP contribution in [0.2, 0.25) is 0 Å². The molecule has 7 heteroatoms. The number of amides is 1. The van der Waals surface area contributed by atoms with Crippen LogP contribution in [-0.2, 0) is 0 Å². The third-order valence-corrected chi connectivity index (χ3v) is 3.64. The molecule has 0 spiro atoms. The SMILES string of the molecule is COc1cncc(O[C@H]2CCCN(C(=O)c3ccccn3)C2)n1. The molecule has 1 aliphatic heterocycles. The van der Waals surface area contributed by atoms with Crippen molar-refractivity contribution in [1.82, 2.24) is 19.9 Å². The van der Waals surface area contributed by atoms with Crippen LogP contribution in [0.15, 0.2) is 36.8 Å². The number of pyridine rings is 1. The van der Waals surface area contributed by atoms with Gasteiger partial charge < -0.3 is 14.4 Å². The number of carbonyl (C=O) groups is 1. The molecule has 1 amide bonds. The highest BCUT2D eigenvalue weighted by atomic mass is 16.5. The summed E-state index contributed by atoms with van der Waals surface area (Å²) in [6.07, 6.45) is 6.31. The predicted octanol–water partition coefficient (Wildman–Crippen LogP) is 1.56. The summed E-state index contributed by atoms with van der Waals surface area (Å²) in [7, 11) is 1.53. The highest BCUT2D eigenvalue weighted by Gasteiger charge is 2.26. The van der Waals surface area contributed by atoms with Gasteiger partial charge >= 0.3 is 0 Å². The van der Waals surface area contributed by atoms with Gasteiger partial charge in [-0.05, 0) is 25.0 Å². The zero-order valence-corrected chi connectivity index (χ0v) is 12.9. The molecule has 1 atom stereocenters. The smallest absolute Gasteiger partial charge is 0.272 e. The zero-order valence-electron chi connectivity index (χ0n) is 12.9. The van der Waals surface area contributed by atoms with Gasteiger partial charge in [0.25, 0.3) is 5.91 Å². The number of aromatic nitrogens is 3. The number of ether oxygens (including phenoxy) is 2. The molecular formula is C16H18N4O3. The van der Waals surface area contributed by atoms with Crippen molar-refractivity contribution in [3.05, 3.63) is 42.5 Å². The van der Waals surface area contributed by atoms with Crippen molar-refractivity contribution in [3.63, 3.8) is 0 Å². The standard InChI is InChI=1S/C16H18N4O3/c1-22-14-9-17-10-15(19-14)23-12-5-4-8-20(11-12)16(21)13-6-2-3-7-18-13/h2-3,6-7,9-10,12H,4-5,8,11H2,1H3/t12-/m0/s1. The second kappa shape index (κ2) is 7.04. The molecule has 3 rings (SSSR count). The molecule has 120 valence electrons. The second-order valence-corrected chi connectivity index (χ2v) is 5.25. The molecule has 0 aliphatic carbocycles. The summed E-state index contributed by atoms with van der Waals surface area (Å²) in [5.41, 5.74) is 0.453. The first-order valence-corrected chi connectivity index (χ1v) is 7.49. The largest absolute Gasteiger partial charge is 0.480 e. The second-order valence-electron chi connectivity index (χ2n) is 5.25. The van der Waals surface area contributed by atoms with E-state index in [0.717, 1.165) is 12.8 Å². The highest BCUT2D eigenvalue weighted by molar-refractivity contribution is 5.92. The maximum Gasteiger partial charge on any atom is 0.272 e. The molecule has 0 saturated carbocycles. The number of nitrogens with zero attached hydrogens (tertiary/aromatic N) is 4. The van der Waals surface area contributed by atoms with Crippen LogP contribution in [0.25, 0.3) is 0 Å². The Kier molecular flexibility index (Phi) is 4.65. The number of rotatable bonds is 4. The molecular weight excluding hydrogens is 296 g/mol. The van der Waals surface area contributed by atoms with E-state index in [1.807, 2.05) is 6.07 Å². The summed E-state index contributed by atoms with van der Waals surface area (Å²) < 4.78 is 10.9. The average molecular weight is 314 g/mol. The molecule has 0 N–H and O–H groups in total. The Bertz CT molecular complexity index is 665.